The fourth-order valence-electron chi connectivity index (χ4n) is 5.59. The van der Waals surface area contributed by atoms with E-state index in [1.54, 1.807) is 37.5 Å². The van der Waals surface area contributed by atoms with Crippen LogP contribution in [0.5, 0.6) is 0 Å². The predicted octanol–water partition coefficient (Wildman–Crippen LogP) is 8.16. The van der Waals surface area contributed by atoms with E-state index in [2.05, 4.69) is 10.2 Å². The molecule has 10 heteroatoms. The van der Waals surface area contributed by atoms with E-state index in [9.17, 15) is 14.4 Å². The summed E-state index contributed by atoms with van der Waals surface area (Å²) in [7, 11) is 1.94. The molecular weight excluding hydrogens is 632 g/mol. The maximum absolute atomic E-state index is 15.0. The third-order valence-corrected chi connectivity index (χ3v) is 9.35. The number of amides is 1. The second kappa shape index (κ2) is 14.6. The van der Waals surface area contributed by atoms with Gasteiger partial charge in [-0.15, -0.1) is 11.3 Å². The summed E-state index contributed by atoms with van der Waals surface area (Å²) >= 11 is 1.32. The van der Waals surface area contributed by atoms with Gasteiger partial charge in [0.2, 0.25) is 11.3 Å². The summed E-state index contributed by atoms with van der Waals surface area (Å²) in [6.07, 6.45) is -0.492. The molecule has 0 bridgehead atoms. The molecule has 3 aromatic carbocycles. The Kier molecular flexibility index (Phi) is 10.6. The van der Waals surface area contributed by atoms with Gasteiger partial charge in [0.15, 0.2) is 0 Å². The van der Waals surface area contributed by atoms with Crippen LogP contribution in [-0.2, 0) is 29.2 Å². The van der Waals surface area contributed by atoms with Gasteiger partial charge in [0.25, 0.3) is 0 Å². The van der Waals surface area contributed by atoms with Crippen molar-refractivity contribution in [2.45, 2.75) is 60.4 Å². The smallest absolute Gasteiger partial charge is 0.344 e. The van der Waals surface area contributed by atoms with Crippen molar-refractivity contribution in [3.8, 4) is 10.4 Å². The van der Waals surface area contributed by atoms with Crippen LogP contribution in [0.1, 0.15) is 60.4 Å². The van der Waals surface area contributed by atoms with Crippen LogP contribution < -0.4 is 10.7 Å². The minimum Gasteiger partial charge on any atom is -0.459 e. The topological polar surface area (TPSA) is 80.6 Å². The third-order valence-electron chi connectivity index (χ3n) is 8.04. The summed E-state index contributed by atoms with van der Waals surface area (Å²) in [5.74, 6) is -2.55. The molecule has 0 saturated heterocycles. The van der Waals surface area contributed by atoms with Crippen molar-refractivity contribution in [2.75, 3.05) is 12.4 Å². The molecule has 2 aromatic heterocycles. The van der Waals surface area contributed by atoms with Gasteiger partial charge in [0.1, 0.15) is 22.0 Å². The van der Waals surface area contributed by atoms with Gasteiger partial charge in [0.05, 0.1) is 18.0 Å². The lowest BCUT2D eigenvalue weighted by molar-refractivity contribution is -0.118. The molecule has 0 spiro atoms. The minimum absolute atomic E-state index is 0.110. The maximum atomic E-state index is 15.0. The fraction of sp³-hybridized carbons (Fsp3) is 0.289. The minimum atomic E-state index is -0.793. The van der Waals surface area contributed by atoms with E-state index in [0.717, 1.165) is 16.0 Å². The van der Waals surface area contributed by atoms with Crippen LogP contribution in [0, 0.1) is 24.5 Å². The van der Waals surface area contributed by atoms with Crippen molar-refractivity contribution in [2.24, 2.45) is 5.92 Å². The number of hydrogen-bond acceptors (Lipinski definition) is 6. The zero-order valence-electron chi connectivity index (χ0n) is 27.9. The van der Waals surface area contributed by atoms with Crippen LogP contribution >= 0.6 is 11.3 Å². The highest BCUT2D eigenvalue weighted by Gasteiger charge is 2.28. The standard InChI is InChI=1S/C38H39F2N3O4S/c1-22(2)36(45)41-27-17-15-26(16-18-27)35-29(20-42(6)19-25-11-8-7-9-12-25)33-34(44)32(38(46)47-23(3)4)24(5)43(37(33)48-35)21-28-30(39)13-10-14-31(28)40/h7-18,22-23H,19-21H2,1-6H3,(H,41,45). The summed E-state index contributed by atoms with van der Waals surface area (Å²) in [6.45, 7) is 9.29. The Bertz CT molecular complexity index is 2000. The molecule has 48 heavy (non-hydrogen) atoms. The summed E-state index contributed by atoms with van der Waals surface area (Å²) in [4.78, 5) is 43.6. The summed E-state index contributed by atoms with van der Waals surface area (Å²) in [5, 5.41) is 3.20. The molecule has 0 atom stereocenters. The molecule has 0 aliphatic carbocycles. The van der Waals surface area contributed by atoms with Gasteiger partial charge in [-0.3, -0.25) is 14.5 Å². The number of halogens is 2. The van der Waals surface area contributed by atoms with E-state index in [1.165, 1.54) is 29.5 Å². The molecule has 2 heterocycles. The quantitative estimate of drug-likeness (QED) is 0.143. The van der Waals surface area contributed by atoms with Gasteiger partial charge in [0, 0.05) is 40.8 Å². The highest BCUT2D eigenvalue weighted by Crippen LogP contribution is 2.40. The molecule has 0 saturated carbocycles. The molecule has 250 valence electrons. The second-order valence-electron chi connectivity index (χ2n) is 12.5. The molecule has 5 aromatic rings. The van der Waals surface area contributed by atoms with Crippen molar-refractivity contribution in [3.63, 3.8) is 0 Å². The van der Waals surface area contributed by atoms with Crippen LogP contribution in [0.4, 0.5) is 14.5 Å². The third kappa shape index (κ3) is 7.40. The van der Waals surface area contributed by atoms with Gasteiger partial charge < -0.3 is 14.6 Å². The predicted molar refractivity (Wildman–Crippen MR) is 187 cm³/mol. The fourth-order valence-corrected chi connectivity index (χ4v) is 6.96. The summed E-state index contributed by atoms with van der Waals surface area (Å²) < 4.78 is 37.2. The summed E-state index contributed by atoms with van der Waals surface area (Å²) in [5.41, 5.74) is 2.58. The number of pyridine rings is 1. The molecule has 0 radical (unpaired) electrons. The van der Waals surface area contributed by atoms with Gasteiger partial charge >= 0.3 is 5.97 Å². The molecule has 0 aliphatic heterocycles. The summed E-state index contributed by atoms with van der Waals surface area (Å²) in [6, 6.07) is 20.9. The first-order valence-electron chi connectivity index (χ1n) is 15.8. The molecule has 1 N–H and O–H groups in total. The van der Waals surface area contributed by atoms with E-state index in [-0.39, 0.29) is 35.2 Å². The SMILES string of the molecule is Cc1c(C(=O)OC(C)C)c(=O)c2c(CN(C)Cc3ccccc3)c(-c3ccc(NC(=O)C(C)C)cc3)sc2n1Cc1c(F)cccc1F. The number of anilines is 1. The van der Waals surface area contributed by atoms with Crippen LogP contribution in [0.3, 0.4) is 0 Å². The van der Waals surface area contributed by atoms with Crippen molar-refractivity contribution < 1.29 is 23.1 Å². The van der Waals surface area contributed by atoms with Crippen LogP contribution in [0.25, 0.3) is 20.7 Å². The van der Waals surface area contributed by atoms with E-state index in [0.29, 0.717) is 34.6 Å². The maximum Gasteiger partial charge on any atom is 0.344 e. The number of carbonyl (C=O) groups is 2. The first-order valence-corrected chi connectivity index (χ1v) is 16.6. The number of carbonyl (C=O) groups excluding carboxylic acids is 2. The number of fused-ring (bicyclic) bond motifs is 1. The highest BCUT2D eigenvalue weighted by molar-refractivity contribution is 7.22. The number of rotatable bonds is 11. The molecule has 0 unspecified atom stereocenters. The Morgan fingerprint density at radius 1 is 0.896 bits per heavy atom. The number of benzene rings is 3. The number of esters is 1. The average Bonchev–Trinajstić information content (AvgIpc) is 3.39. The zero-order chi connectivity index (χ0) is 34.7. The van der Waals surface area contributed by atoms with Crippen molar-refractivity contribution in [1.82, 2.24) is 9.47 Å². The monoisotopic (exact) mass is 671 g/mol. The van der Waals surface area contributed by atoms with Gasteiger partial charge in [-0.25, -0.2) is 13.6 Å². The average molecular weight is 672 g/mol. The van der Waals surface area contributed by atoms with Crippen molar-refractivity contribution >= 4 is 39.1 Å². The largest absolute Gasteiger partial charge is 0.459 e. The van der Waals surface area contributed by atoms with Gasteiger partial charge in [-0.05, 0) is 68.8 Å². The number of thiophene rings is 1. The Labute approximate surface area is 282 Å². The number of nitrogens with zero attached hydrogens (tertiary/aromatic N) is 2. The molecule has 0 fully saturated rings. The molecular formula is C38H39F2N3O4S. The van der Waals surface area contributed by atoms with Crippen LogP contribution in [0.15, 0.2) is 77.6 Å². The Hall–Kier alpha value is -4.67. The zero-order valence-corrected chi connectivity index (χ0v) is 28.7. The molecule has 1 amide bonds. The number of hydrogen-bond donors (Lipinski definition) is 1. The van der Waals surface area contributed by atoms with Crippen LogP contribution in [0.2, 0.25) is 0 Å². The van der Waals surface area contributed by atoms with E-state index < -0.39 is 29.1 Å². The number of aromatic nitrogens is 1. The van der Waals surface area contributed by atoms with Gasteiger partial charge in [-0.2, -0.15) is 0 Å². The first-order chi connectivity index (χ1) is 22.8. The van der Waals surface area contributed by atoms with E-state index in [1.807, 2.05) is 63.4 Å². The molecule has 7 nitrogen and oxygen atoms in total. The van der Waals surface area contributed by atoms with Gasteiger partial charge in [-0.1, -0.05) is 62.4 Å². The van der Waals surface area contributed by atoms with Crippen molar-refractivity contribution in [3.05, 3.63) is 123 Å². The Morgan fingerprint density at radius 2 is 1.54 bits per heavy atom. The molecule has 0 aliphatic rings. The lowest BCUT2D eigenvalue weighted by Gasteiger charge is -2.19. The van der Waals surface area contributed by atoms with Crippen LogP contribution in [-0.4, -0.2) is 34.5 Å². The van der Waals surface area contributed by atoms with E-state index in [4.69, 9.17) is 4.74 Å². The normalized spacial score (nSPS) is 11.6. The number of ether oxygens (including phenoxy) is 1. The lowest BCUT2D eigenvalue weighted by atomic mass is 10.0. The number of nitrogens with one attached hydrogen (secondary N) is 1. The van der Waals surface area contributed by atoms with E-state index >= 15 is 8.78 Å². The second-order valence-corrected chi connectivity index (χ2v) is 13.5. The molecule has 5 rings (SSSR count). The Balaban J connectivity index is 1.75. The van der Waals surface area contributed by atoms with Crippen molar-refractivity contribution in [1.29, 1.82) is 0 Å². The first kappa shape index (κ1) is 34.7. The lowest BCUT2D eigenvalue weighted by Crippen LogP contribution is -2.27. The highest BCUT2D eigenvalue weighted by atomic mass is 32.1. The Morgan fingerprint density at radius 3 is 2.15 bits per heavy atom.